The van der Waals surface area contributed by atoms with Crippen molar-refractivity contribution in [2.45, 2.75) is 31.3 Å². The Balaban J connectivity index is 1.51. The van der Waals surface area contributed by atoms with Crippen molar-refractivity contribution >= 4 is 64.7 Å². The minimum atomic E-state index is -2.23. The van der Waals surface area contributed by atoms with E-state index >= 15 is 0 Å². The Bertz CT molecular complexity index is 2100. The number of ether oxygens (including phenoxy) is 4. The standard InChI is InChI=1S/C32H20Cl2N2O15/c1-46-17-9-15-27(23(33)25(17)41)48-28-16(10-18(47-2)26(42)24(28)34)32(15)14-8-12(31(45)51-36-21(39)5-6-22(36)40)11(7-13(14)29(43)49-32)30(44)50-35-19(37)3-4-20(35)38/h7-10,41-42H,3-6H2,1-2H3. The number of esters is 1. The molecule has 2 fully saturated rings. The van der Waals surface area contributed by atoms with Gasteiger partial charge in [0.1, 0.15) is 10.0 Å². The van der Waals surface area contributed by atoms with E-state index in [1.807, 2.05) is 0 Å². The molecule has 3 aromatic carbocycles. The van der Waals surface area contributed by atoms with Crippen LogP contribution in [0.3, 0.4) is 0 Å². The maximum atomic E-state index is 13.9. The van der Waals surface area contributed by atoms with Gasteiger partial charge in [-0.3, -0.25) is 19.2 Å². The Morgan fingerprint density at radius 1 is 0.686 bits per heavy atom. The summed E-state index contributed by atoms with van der Waals surface area (Å²) >= 11 is 13.0. The van der Waals surface area contributed by atoms with Gasteiger partial charge in [0, 0.05) is 31.2 Å². The van der Waals surface area contributed by atoms with Crippen LogP contribution in [0.25, 0.3) is 0 Å². The smallest absolute Gasteiger partial charge is 0.364 e. The predicted molar refractivity (Wildman–Crippen MR) is 164 cm³/mol. The number of phenols is 2. The molecule has 0 bridgehead atoms. The third-order valence-corrected chi connectivity index (χ3v) is 9.23. The summed E-state index contributed by atoms with van der Waals surface area (Å²) in [6.07, 6.45) is -1.06. The van der Waals surface area contributed by atoms with Gasteiger partial charge in [-0.05, 0) is 24.3 Å². The number of halogens is 2. The number of amides is 4. The Labute approximate surface area is 294 Å². The zero-order chi connectivity index (χ0) is 36.7. The molecule has 4 aliphatic rings. The lowest BCUT2D eigenvalue weighted by Gasteiger charge is -2.38. The fraction of sp³-hybridized carbons (Fsp3) is 0.219. The summed E-state index contributed by atoms with van der Waals surface area (Å²) in [7, 11) is 2.41. The highest BCUT2D eigenvalue weighted by Crippen LogP contribution is 2.63. The summed E-state index contributed by atoms with van der Waals surface area (Å²) in [4.78, 5) is 101. The van der Waals surface area contributed by atoms with Crippen LogP contribution in [0, 0.1) is 0 Å². The van der Waals surface area contributed by atoms with Gasteiger partial charge in [0.2, 0.25) is 0 Å². The first-order chi connectivity index (χ1) is 24.2. The Morgan fingerprint density at radius 2 is 1.10 bits per heavy atom. The van der Waals surface area contributed by atoms with E-state index in [9.17, 15) is 43.8 Å². The van der Waals surface area contributed by atoms with Gasteiger partial charge in [0.25, 0.3) is 23.6 Å². The van der Waals surface area contributed by atoms with Crippen LogP contribution < -0.4 is 14.2 Å². The summed E-state index contributed by atoms with van der Waals surface area (Å²) in [5.74, 6) is -9.82. The third kappa shape index (κ3) is 4.79. The van der Waals surface area contributed by atoms with Crippen LogP contribution in [0.1, 0.15) is 73.4 Å². The molecular formula is C32H20Cl2N2O15. The van der Waals surface area contributed by atoms with Crippen LogP contribution in [0.4, 0.5) is 0 Å². The van der Waals surface area contributed by atoms with E-state index in [0.717, 1.165) is 12.1 Å². The van der Waals surface area contributed by atoms with E-state index < -0.39 is 85.4 Å². The van der Waals surface area contributed by atoms with Crippen molar-refractivity contribution in [3.8, 4) is 34.5 Å². The zero-order valence-corrected chi connectivity index (χ0v) is 27.5. The zero-order valence-electron chi connectivity index (χ0n) is 26.0. The molecule has 3 aromatic rings. The Kier molecular flexibility index (Phi) is 7.72. The van der Waals surface area contributed by atoms with Crippen molar-refractivity contribution in [3.63, 3.8) is 0 Å². The molecule has 4 heterocycles. The molecule has 4 amide bonds. The second kappa shape index (κ2) is 11.8. The largest absolute Gasteiger partial charge is 0.503 e. The molecule has 17 nitrogen and oxygen atoms in total. The second-order valence-electron chi connectivity index (χ2n) is 11.3. The maximum absolute atomic E-state index is 13.9. The third-order valence-electron chi connectivity index (χ3n) is 8.53. The quantitative estimate of drug-likeness (QED) is 0.273. The van der Waals surface area contributed by atoms with Gasteiger partial charge in [0.15, 0.2) is 40.1 Å². The van der Waals surface area contributed by atoms with E-state index in [1.165, 1.54) is 26.4 Å². The number of imide groups is 2. The topological polar surface area (TPSA) is 222 Å². The first-order valence-electron chi connectivity index (χ1n) is 14.7. The van der Waals surface area contributed by atoms with Crippen LogP contribution in [-0.2, 0) is 39.2 Å². The summed E-state index contributed by atoms with van der Waals surface area (Å²) in [6, 6.07) is 4.23. The molecule has 2 saturated heterocycles. The normalized spacial score (nSPS) is 16.8. The van der Waals surface area contributed by atoms with E-state index in [1.54, 1.807) is 0 Å². The number of benzene rings is 3. The highest BCUT2D eigenvalue weighted by Gasteiger charge is 2.57. The lowest BCUT2D eigenvalue weighted by atomic mass is 9.76. The van der Waals surface area contributed by atoms with Gasteiger partial charge in [-0.25, -0.2) is 14.4 Å². The number of methoxy groups -OCH3 is 2. The van der Waals surface area contributed by atoms with Gasteiger partial charge in [-0.2, -0.15) is 0 Å². The lowest BCUT2D eigenvalue weighted by Crippen LogP contribution is -2.35. The molecule has 1 spiro atoms. The van der Waals surface area contributed by atoms with Crippen LogP contribution >= 0.6 is 23.2 Å². The average molecular weight is 743 g/mol. The molecule has 0 atom stereocenters. The maximum Gasteiger partial charge on any atom is 0.364 e. The van der Waals surface area contributed by atoms with E-state index in [2.05, 4.69) is 0 Å². The van der Waals surface area contributed by atoms with E-state index in [-0.39, 0.29) is 75.5 Å². The van der Waals surface area contributed by atoms with Crippen molar-refractivity contribution < 1.29 is 72.4 Å². The fourth-order valence-corrected chi connectivity index (χ4v) is 6.57. The minimum Gasteiger partial charge on any atom is -0.503 e. The van der Waals surface area contributed by atoms with Crippen LogP contribution in [0.5, 0.6) is 34.5 Å². The molecule has 2 N–H and O–H groups in total. The molecule has 0 aromatic heterocycles. The summed E-state index contributed by atoms with van der Waals surface area (Å²) in [5.41, 5.74) is -4.54. The molecular weight excluding hydrogens is 723 g/mol. The molecule has 7 rings (SSSR count). The summed E-state index contributed by atoms with van der Waals surface area (Å²) in [6.45, 7) is 0. The lowest BCUT2D eigenvalue weighted by molar-refractivity contribution is -0.174. The average Bonchev–Trinajstić information content (AvgIpc) is 3.71. The molecule has 51 heavy (non-hydrogen) atoms. The molecule has 262 valence electrons. The molecule has 0 aliphatic carbocycles. The van der Waals surface area contributed by atoms with E-state index in [0.29, 0.717) is 0 Å². The highest BCUT2D eigenvalue weighted by molar-refractivity contribution is 6.35. The number of fused-ring (bicyclic) bond motifs is 6. The van der Waals surface area contributed by atoms with Crippen molar-refractivity contribution in [3.05, 3.63) is 67.7 Å². The second-order valence-corrected chi connectivity index (χ2v) is 12.0. The fourth-order valence-electron chi connectivity index (χ4n) is 6.11. The summed E-state index contributed by atoms with van der Waals surface area (Å²) in [5, 5.41) is 21.0. The number of carbonyl (C=O) groups is 7. The first kappa shape index (κ1) is 33.4. The van der Waals surface area contributed by atoms with Gasteiger partial charge in [0.05, 0.1) is 42.0 Å². The molecule has 4 aliphatic heterocycles. The number of phenolic OH excluding ortho intramolecular Hbond substituents is 2. The van der Waals surface area contributed by atoms with Gasteiger partial charge in [-0.1, -0.05) is 23.2 Å². The molecule has 0 saturated carbocycles. The van der Waals surface area contributed by atoms with Crippen molar-refractivity contribution in [2.75, 3.05) is 14.2 Å². The predicted octanol–water partition coefficient (Wildman–Crippen LogP) is 3.43. The number of nitrogens with zero attached hydrogens (tertiary/aromatic N) is 2. The summed E-state index contributed by atoms with van der Waals surface area (Å²) < 4.78 is 22.6. The number of hydrogen-bond acceptors (Lipinski definition) is 15. The van der Waals surface area contributed by atoms with Crippen LogP contribution in [0.15, 0.2) is 24.3 Å². The Hall–Kier alpha value is -6.07. The van der Waals surface area contributed by atoms with Crippen molar-refractivity contribution in [1.82, 2.24) is 10.1 Å². The number of hydroxylamine groups is 4. The van der Waals surface area contributed by atoms with Crippen LogP contribution in [-0.4, -0.2) is 76.1 Å². The number of carbonyl (C=O) groups excluding carboxylic acids is 7. The molecule has 0 radical (unpaired) electrons. The number of hydrogen-bond donors (Lipinski definition) is 2. The molecule has 19 heteroatoms. The number of aromatic hydroxyl groups is 2. The monoisotopic (exact) mass is 742 g/mol. The SMILES string of the molecule is COc1cc2c(c(Cl)c1O)Oc1c(cc(OC)c(O)c1Cl)C21OC(=O)c2cc(C(=O)ON3C(=O)CCC3=O)c(C(=O)ON3C(=O)CCC3=O)cc21. The van der Waals surface area contributed by atoms with Crippen molar-refractivity contribution in [2.24, 2.45) is 0 Å². The van der Waals surface area contributed by atoms with Gasteiger partial charge >= 0.3 is 17.9 Å². The van der Waals surface area contributed by atoms with E-state index in [4.69, 9.17) is 51.8 Å². The minimum absolute atomic E-state index is 0.113. The Morgan fingerprint density at radius 3 is 1.51 bits per heavy atom. The van der Waals surface area contributed by atoms with Crippen LogP contribution in [0.2, 0.25) is 10.0 Å². The van der Waals surface area contributed by atoms with Gasteiger partial charge in [-0.15, -0.1) is 10.1 Å². The number of rotatable bonds is 6. The molecule has 0 unspecified atom stereocenters. The first-order valence-corrected chi connectivity index (χ1v) is 15.4. The van der Waals surface area contributed by atoms with Gasteiger partial charge < -0.3 is 38.8 Å². The van der Waals surface area contributed by atoms with Crippen molar-refractivity contribution in [1.29, 1.82) is 0 Å². The highest BCUT2D eigenvalue weighted by atomic mass is 35.5.